The van der Waals surface area contributed by atoms with Crippen LogP contribution in [0.25, 0.3) is 0 Å². The first kappa shape index (κ1) is 20.8. The molecule has 1 aromatic heterocycles. The molecule has 0 radical (unpaired) electrons. The van der Waals surface area contributed by atoms with Gasteiger partial charge in [-0.15, -0.1) is 0 Å². The number of nitrogens with zero attached hydrogens (tertiary/aromatic N) is 3. The Labute approximate surface area is 182 Å². The topological polar surface area (TPSA) is 45.7 Å². The molecule has 1 aliphatic heterocycles. The quantitative estimate of drug-likeness (QED) is 0.573. The summed E-state index contributed by atoms with van der Waals surface area (Å²) in [5, 5.41) is 0. The van der Waals surface area contributed by atoms with Gasteiger partial charge in [-0.3, -0.25) is 4.79 Å². The molecule has 1 saturated heterocycles. The van der Waals surface area contributed by atoms with E-state index in [0.29, 0.717) is 11.3 Å². The standard InChI is InChI=1S/C25H26FN3O2/c1-28(2)24-16-19(11-12-27-24)23-10-5-13-29(23)25(30)20-7-4-9-22(15-20)31-17-18-6-3-8-21(26)14-18/h3-4,6-9,11-12,14-16,23H,5,10,13,17H2,1-2H3/t23-/m1/s1. The second kappa shape index (κ2) is 9.16. The molecule has 2 heterocycles. The fourth-order valence-electron chi connectivity index (χ4n) is 3.92. The number of likely N-dealkylation sites (tertiary alicyclic amines) is 1. The fraction of sp³-hybridized carbons (Fsp3) is 0.280. The van der Waals surface area contributed by atoms with E-state index in [1.165, 1.54) is 12.1 Å². The largest absolute Gasteiger partial charge is 0.489 e. The number of aromatic nitrogens is 1. The number of halogens is 1. The Hall–Kier alpha value is -3.41. The molecule has 6 heteroatoms. The molecule has 1 aliphatic rings. The first-order valence-corrected chi connectivity index (χ1v) is 10.4. The van der Waals surface area contributed by atoms with Crippen molar-refractivity contribution in [3.63, 3.8) is 0 Å². The zero-order valence-corrected chi connectivity index (χ0v) is 17.8. The Kier molecular flexibility index (Phi) is 6.16. The number of rotatable bonds is 6. The molecule has 5 nitrogen and oxygen atoms in total. The van der Waals surface area contributed by atoms with Crippen LogP contribution >= 0.6 is 0 Å². The third-order valence-electron chi connectivity index (χ3n) is 5.50. The van der Waals surface area contributed by atoms with Crippen molar-refractivity contribution in [3.8, 4) is 5.75 Å². The molecule has 31 heavy (non-hydrogen) atoms. The number of carbonyl (C=O) groups excluding carboxylic acids is 1. The van der Waals surface area contributed by atoms with Crippen molar-refractivity contribution >= 4 is 11.7 Å². The first-order valence-electron chi connectivity index (χ1n) is 10.4. The van der Waals surface area contributed by atoms with Crippen molar-refractivity contribution < 1.29 is 13.9 Å². The van der Waals surface area contributed by atoms with Crippen molar-refractivity contribution in [2.45, 2.75) is 25.5 Å². The molecule has 1 fully saturated rings. The number of carbonyl (C=O) groups is 1. The molecular formula is C25H26FN3O2. The summed E-state index contributed by atoms with van der Waals surface area (Å²) < 4.78 is 19.2. The lowest BCUT2D eigenvalue weighted by atomic mass is 10.0. The molecule has 0 aliphatic carbocycles. The second-order valence-electron chi connectivity index (χ2n) is 7.94. The smallest absolute Gasteiger partial charge is 0.254 e. The summed E-state index contributed by atoms with van der Waals surface area (Å²) in [6.45, 7) is 0.962. The Morgan fingerprint density at radius 3 is 2.81 bits per heavy atom. The van der Waals surface area contributed by atoms with Gasteiger partial charge in [0.2, 0.25) is 0 Å². The molecule has 0 unspecified atom stereocenters. The molecule has 0 bridgehead atoms. The van der Waals surface area contributed by atoms with Crippen molar-refractivity contribution in [2.75, 3.05) is 25.5 Å². The molecule has 160 valence electrons. The highest BCUT2D eigenvalue weighted by molar-refractivity contribution is 5.95. The van der Waals surface area contributed by atoms with Crippen LogP contribution in [0.5, 0.6) is 5.75 Å². The van der Waals surface area contributed by atoms with Gasteiger partial charge in [0.15, 0.2) is 0 Å². The number of anilines is 1. The molecular weight excluding hydrogens is 393 g/mol. The number of benzene rings is 2. The van der Waals surface area contributed by atoms with Gasteiger partial charge in [0.05, 0.1) is 6.04 Å². The summed E-state index contributed by atoms with van der Waals surface area (Å²) >= 11 is 0. The Balaban J connectivity index is 1.49. The number of amides is 1. The monoisotopic (exact) mass is 419 g/mol. The fourth-order valence-corrected chi connectivity index (χ4v) is 3.92. The van der Waals surface area contributed by atoms with Gasteiger partial charge < -0.3 is 14.5 Å². The molecule has 0 N–H and O–H groups in total. The van der Waals surface area contributed by atoms with Crippen LogP contribution in [0, 0.1) is 5.82 Å². The van der Waals surface area contributed by atoms with Gasteiger partial charge in [0.1, 0.15) is 24.0 Å². The summed E-state index contributed by atoms with van der Waals surface area (Å²) in [5.74, 6) is 1.16. The lowest BCUT2D eigenvalue weighted by Gasteiger charge is -2.26. The van der Waals surface area contributed by atoms with Crippen LogP contribution in [0.2, 0.25) is 0 Å². The van der Waals surface area contributed by atoms with Crippen LogP contribution in [-0.4, -0.2) is 36.4 Å². The van der Waals surface area contributed by atoms with Crippen LogP contribution in [-0.2, 0) is 6.61 Å². The van der Waals surface area contributed by atoms with Gasteiger partial charge in [-0.1, -0.05) is 18.2 Å². The third kappa shape index (κ3) is 4.85. The molecule has 3 aromatic rings. The highest BCUT2D eigenvalue weighted by atomic mass is 19.1. The lowest BCUT2D eigenvalue weighted by molar-refractivity contribution is 0.0735. The highest BCUT2D eigenvalue weighted by Gasteiger charge is 2.31. The van der Waals surface area contributed by atoms with Gasteiger partial charge in [0.25, 0.3) is 5.91 Å². The molecule has 0 spiro atoms. The normalized spacial score (nSPS) is 15.7. The molecule has 1 amide bonds. The molecule has 0 saturated carbocycles. The zero-order valence-electron chi connectivity index (χ0n) is 17.8. The van der Waals surface area contributed by atoms with Gasteiger partial charge in [-0.05, 0) is 66.4 Å². The lowest BCUT2D eigenvalue weighted by Crippen LogP contribution is -2.30. The van der Waals surface area contributed by atoms with E-state index in [1.807, 2.05) is 54.2 Å². The van der Waals surface area contributed by atoms with E-state index in [4.69, 9.17) is 4.74 Å². The highest BCUT2D eigenvalue weighted by Crippen LogP contribution is 2.34. The van der Waals surface area contributed by atoms with Crippen LogP contribution in [0.4, 0.5) is 10.2 Å². The van der Waals surface area contributed by atoms with Crippen LogP contribution < -0.4 is 9.64 Å². The average Bonchev–Trinajstić information content (AvgIpc) is 3.27. The Bertz CT molecular complexity index is 1070. The van der Waals surface area contributed by atoms with Gasteiger partial charge in [-0.2, -0.15) is 0 Å². The van der Waals surface area contributed by atoms with E-state index in [-0.39, 0.29) is 24.4 Å². The maximum atomic E-state index is 13.4. The van der Waals surface area contributed by atoms with E-state index in [9.17, 15) is 9.18 Å². The van der Waals surface area contributed by atoms with Crippen molar-refractivity contribution in [2.24, 2.45) is 0 Å². The predicted octanol–water partition coefficient (Wildman–Crippen LogP) is 4.84. The van der Waals surface area contributed by atoms with Gasteiger partial charge >= 0.3 is 0 Å². The second-order valence-corrected chi connectivity index (χ2v) is 7.94. The Morgan fingerprint density at radius 2 is 2.00 bits per heavy atom. The summed E-state index contributed by atoms with van der Waals surface area (Å²) in [6.07, 6.45) is 3.69. The number of ether oxygens (including phenoxy) is 1. The SMILES string of the molecule is CN(C)c1cc([C@H]2CCCN2C(=O)c2cccc(OCc3cccc(F)c3)c2)ccn1. The Morgan fingerprint density at radius 1 is 1.16 bits per heavy atom. The van der Waals surface area contributed by atoms with Crippen LogP contribution in [0.3, 0.4) is 0 Å². The van der Waals surface area contributed by atoms with E-state index in [1.54, 1.807) is 18.3 Å². The van der Waals surface area contributed by atoms with Crippen molar-refractivity contribution in [1.29, 1.82) is 0 Å². The third-order valence-corrected chi connectivity index (χ3v) is 5.50. The first-order chi connectivity index (χ1) is 15.0. The van der Waals surface area contributed by atoms with Crippen LogP contribution in [0.15, 0.2) is 66.9 Å². The summed E-state index contributed by atoms with van der Waals surface area (Å²) in [6, 6.07) is 17.6. The maximum absolute atomic E-state index is 13.4. The van der Waals surface area contributed by atoms with Crippen LogP contribution in [0.1, 0.15) is 40.4 Å². The van der Waals surface area contributed by atoms with E-state index in [2.05, 4.69) is 11.1 Å². The molecule has 4 rings (SSSR count). The van der Waals surface area contributed by atoms with E-state index >= 15 is 0 Å². The van der Waals surface area contributed by atoms with E-state index in [0.717, 1.165) is 36.3 Å². The van der Waals surface area contributed by atoms with Crippen molar-refractivity contribution in [1.82, 2.24) is 9.88 Å². The number of hydrogen-bond donors (Lipinski definition) is 0. The minimum absolute atomic E-state index is 0.0121. The summed E-state index contributed by atoms with van der Waals surface area (Å²) in [7, 11) is 3.91. The molecule has 1 atom stereocenters. The van der Waals surface area contributed by atoms with Gasteiger partial charge in [0, 0.05) is 32.4 Å². The van der Waals surface area contributed by atoms with Crippen molar-refractivity contribution in [3.05, 3.63) is 89.4 Å². The molecule has 2 aromatic carbocycles. The summed E-state index contributed by atoms with van der Waals surface area (Å²) in [5.41, 5.74) is 2.43. The maximum Gasteiger partial charge on any atom is 0.254 e. The zero-order chi connectivity index (χ0) is 21.8. The number of pyridine rings is 1. The number of hydrogen-bond acceptors (Lipinski definition) is 4. The minimum Gasteiger partial charge on any atom is -0.489 e. The van der Waals surface area contributed by atoms with Gasteiger partial charge in [-0.25, -0.2) is 9.37 Å². The average molecular weight is 420 g/mol. The predicted molar refractivity (Wildman–Crippen MR) is 119 cm³/mol. The van der Waals surface area contributed by atoms with E-state index < -0.39 is 0 Å². The minimum atomic E-state index is -0.293. The summed E-state index contributed by atoms with van der Waals surface area (Å²) in [4.78, 5) is 21.6.